The summed E-state index contributed by atoms with van der Waals surface area (Å²) in [6, 6.07) is 10.6. The third kappa shape index (κ3) is 7.35. The summed E-state index contributed by atoms with van der Waals surface area (Å²) in [5.41, 5.74) is 0.541. The van der Waals surface area contributed by atoms with Crippen molar-refractivity contribution in [1.29, 1.82) is 0 Å². The third-order valence-corrected chi connectivity index (χ3v) is 13.4. The Bertz CT molecular complexity index is 2390. The molecular weight excluding hydrogens is 755 g/mol. The molecule has 0 unspecified atom stereocenters. The van der Waals surface area contributed by atoms with Crippen LogP contribution in [0.25, 0.3) is 33.0 Å². The second-order valence-corrected chi connectivity index (χ2v) is 17.9. The van der Waals surface area contributed by atoms with Gasteiger partial charge in [0.25, 0.3) is 5.91 Å². The number of carbonyl (C=O) groups excluding carboxylic acids is 4. The molecule has 2 aromatic heterocycles. The van der Waals surface area contributed by atoms with Crippen LogP contribution < -0.4 is 24.8 Å². The Hall–Kier alpha value is -5.38. The second-order valence-electron chi connectivity index (χ2n) is 15.9. The van der Waals surface area contributed by atoms with Crippen LogP contribution in [0.5, 0.6) is 11.5 Å². The van der Waals surface area contributed by atoms with E-state index in [1.54, 1.807) is 39.2 Å². The van der Waals surface area contributed by atoms with Crippen molar-refractivity contribution < 1.29 is 46.2 Å². The van der Waals surface area contributed by atoms with Crippen molar-refractivity contribution in [3.8, 4) is 11.5 Å². The fourth-order valence-corrected chi connectivity index (χ4v) is 9.51. The first kappa shape index (κ1) is 38.5. The number of para-hydroxylation sites is 1. The van der Waals surface area contributed by atoms with Crippen LogP contribution in [0.2, 0.25) is 0 Å². The minimum absolute atomic E-state index is 0.00652. The highest BCUT2D eigenvalue weighted by Gasteiger charge is 2.62. The number of benzene rings is 2. The molecule has 3 heterocycles. The molecule has 3 aliphatic carbocycles. The van der Waals surface area contributed by atoms with Crippen LogP contribution in [-0.4, -0.2) is 90.9 Å². The Morgan fingerprint density at radius 2 is 1.79 bits per heavy atom. The number of rotatable bonds is 13. The number of amides is 4. The highest BCUT2D eigenvalue weighted by atomic mass is 32.2. The van der Waals surface area contributed by atoms with Crippen molar-refractivity contribution in [2.45, 2.75) is 100 Å². The van der Waals surface area contributed by atoms with Crippen LogP contribution in [0.3, 0.4) is 0 Å². The molecule has 1 aliphatic heterocycles. The molecule has 0 bridgehead atoms. The van der Waals surface area contributed by atoms with Gasteiger partial charge in [-0.2, -0.15) is 0 Å². The third-order valence-electron chi connectivity index (χ3n) is 11.6. The van der Waals surface area contributed by atoms with Gasteiger partial charge in [0.05, 0.1) is 24.4 Å². The van der Waals surface area contributed by atoms with Gasteiger partial charge in [0, 0.05) is 29.2 Å². The van der Waals surface area contributed by atoms with Crippen LogP contribution in [0, 0.1) is 11.8 Å². The van der Waals surface area contributed by atoms with Crippen LogP contribution in [-0.2, 0) is 29.1 Å². The predicted molar refractivity (Wildman–Crippen MR) is 210 cm³/mol. The normalized spacial score (nSPS) is 24.1. The van der Waals surface area contributed by atoms with Crippen LogP contribution >= 0.6 is 0 Å². The zero-order valence-electron chi connectivity index (χ0n) is 32.1. The predicted octanol–water partition coefficient (Wildman–Crippen LogP) is 4.85. The van der Waals surface area contributed by atoms with Gasteiger partial charge in [-0.05, 0) is 75.1 Å². The topological polar surface area (TPSA) is 195 Å². The molecule has 302 valence electrons. The quantitative estimate of drug-likeness (QED) is 0.156. The number of carbonyl (C=O) groups is 4. The van der Waals surface area contributed by atoms with E-state index in [9.17, 15) is 27.6 Å². The van der Waals surface area contributed by atoms with Crippen molar-refractivity contribution >= 4 is 66.8 Å². The van der Waals surface area contributed by atoms with Crippen LogP contribution in [0.15, 0.2) is 59.5 Å². The zero-order chi connectivity index (χ0) is 40.2. The van der Waals surface area contributed by atoms with Gasteiger partial charge < -0.3 is 34.2 Å². The number of likely N-dealkylation sites (tertiary alicyclic amines) is 1. The molecule has 15 nitrogen and oxygen atoms in total. The van der Waals surface area contributed by atoms with Gasteiger partial charge in [-0.25, -0.2) is 18.2 Å². The number of hydrogen-bond donors (Lipinski definition) is 3. The van der Waals surface area contributed by atoms with E-state index in [0.29, 0.717) is 51.9 Å². The molecule has 8 rings (SSSR count). The minimum Gasteiger partial charge on any atom is -0.497 e. The molecule has 3 saturated carbocycles. The number of methoxy groups -OCH3 is 1. The Labute approximate surface area is 329 Å². The number of nitrogens with one attached hydrogen (secondary N) is 3. The fourth-order valence-electron chi connectivity index (χ4n) is 8.15. The van der Waals surface area contributed by atoms with Gasteiger partial charge in [0.15, 0.2) is 11.3 Å². The summed E-state index contributed by atoms with van der Waals surface area (Å²) in [6.45, 7) is 7.29. The van der Waals surface area contributed by atoms with Gasteiger partial charge in [-0.3, -0.25) is 19.1 Å². The molecule has 57 heavy (non-hydrogen) atoms. The molecule has 4 aromatic rings. The molecule has 2 aromatic carbocycles. The maximum absolute atomic E-state index is 14.6. The van der Waals surface area contributed by atoms with Crippen molar-refractivity contribution in [3.05, 3.63) is 55.1 Å². The molecule has 5 atom stereocenters. The first-order chi connectivity index (χ1) is 27.3. The number of hydrogen-bond acceptors (Lipinski definition) is 11. The van der Waals surface area contributed by atoms with E-state index in [2.05, 4.69) is 21.9 Å². The molecule has 16 heteroatoms. The molecule has 0 spiro atoms. The summed E-state index contributed by atoms with van der Waals surface area (Å²) >= 11 is 0. The molecule has 0 radical (unpaired) electrons. The Morgan fingerprint density at radius 3 is 2.47 bits per heavy atom. The number of pyridine rings is 1. The number of furan rings is 1. The lowest BCUT2D eigenvalue weighted by Crippen LogP contribution is -2.59. The second kappa shape index (κ2) is 14.8. The van der Waals surface area contributed by atoms with Gasteiger partial charge in [0.2, 0.25) is 21.8 Å². The molecule has 1 saturated heterocycles. The highest BCUT2D eigenvalue weighted by Crippen LogP contribution is 2.46. The average Bonchev–Trinajstić information content (AvgIpc) is 4.01. The highest BCUT2D eigenvalue weighted by molar-refractivity contribution is 7.91. The smallest absolute Gasteiger partial charge is 0.408 e. The van der Waals surface area contributed by atoms with E-state index in [1.807, 2.05) is 24.3 Å². The van der Waals surface area contributed by atoms with E-state index >= 15 is 0 Å². The molecule has 3 N–H and O–H groups in total. The van der Waals surface area contributed by atoms with E-state index in [-0.39, 0.29) is 25.5 Å². The van der Waals surface area contributed by atoms with E-state index in [4.69, 9.17) is 23.6 Å². The van der Waals surface area contributed by atoms with Crippen LogP contribution in [0.4, 0.5) is 4.79 Å². The number of sulfonamides is 1. The molecular formula is C41H47N5O10S. The maximum Gasteiger partial charge on any atom is 0.408 e. The lowest BCUT2D eigenvalue weighted by molar-refractivity contribution is -0.141. The first-order valence-corrected chi connectivity index (χ1v) is 21.1. The summed E-state index contributed by atoms with van der Waals surface area (Å²) in [6.07, 6.45) is 4.22. The molecule has 4 amide bonds. The fraction of sp³-hybridized carbons (Fsp3) is 0.488. The average molecular weight is 802 g/mol. The lowest BCUT2D eigenvalue weighted by atomic mass is 10.0. The minimum atomic E-state index is -3.92. The van der Waals surface area contributed by atoms with Crippen molar-refractivity contribution in [2.75, 3.05) is 13.7 Å². The van der Waals surface area contributed by atoms with E-state index < -0.39 is 74.7 Å². The largest absolute Gasteiger partial charge is 0.497 e. The Balaban J connectivity index is 1.13. The van der Waals surface area contributed by atoms with Crippen molar-refractivity contribution in [2.24, 2.45) is 11.8 Å². The lowest BCUT2D eigenvalue weighted by Gasteiger charge is -2.31. The molecule has 4 aliphatic rings. The monoisotopic (exact) mass is 801 g/mol. The van der Waals surface area contributed by atoms with Gasteiger partial charge in [-0.1, -0.05) is 32.1 Å². The van der Waals surface area contributed by atoms with Gasteiger partial charge in [0.1, 0.15) is 46.7 Å². The first-order valence-electron chi connectivity index (χ1n) is 19.6. The summed E-state index contributed by atoms with van der Waals surface area (Å²) in [5.74, 6) is -2.05. The van der Waals surface area contributed by atoms with Crippen molar-refractivity contribution in [1.82, 2.24) is 25.2 Å². The van der Waals surface area contributed by atoms with Crippen molar-refractivity contribution in [3.63, 3.8) is 0 Å². The van der Waals surface area contributed by atoms with Crippen LogP contribution in [0.1, 0.15) is 65.2 Å². The van der Waals surface area contributed by atoms with E-state index in [0.717, 1.165) is 31.1 Å². The van der Waals surface area contributed by atoms with E-state index in [1.165, 1.54) is 11.0 Å². The van der Waals surface area contributed by atoms with Gasteiger partial charge >= 0.3 is 6.09 Å². The number of ether oxygens (including phenoxy) is 3. The number of nitrogens with zero attached hydrogens (tertiary/aromatic N) is 2. The molecule has 4 fully saturated rings. The summed E-state index contributed by atoms with van der Waals surface area (Å²) in [5, 5.41) is 6.30. The maximum atomic E-state index is 14.6. The number of aromatic nitrogens is 1. The SMILES string of the molecule is C=C[C@@H]1C[C@]1(NC(=O)[C@@H]1C[C@@H](Oc2c3ccc(OC)cc3nc3c2oc2ccccc23)CN1C(=O)[C@@H](NC(=O)OC1CCCC1)C(C)C)C(=O)NS(=O)(=O)C1CC1. The standard InChI is InChI=1S/C41H47N5O10S/c1-5-23-20-41(23,39(49)45-57(51,52)27-15-16-27)44-37(47)31-19-26(21-46(31)38(48)33(22(2)3)43-40(50)55-24-10-6-7-11-24)54-35-28-17-14-25(53-4)18-30(28)42-34-29-12-8-9-13-32(29)56-36(34)35/h5,8-9,12-14,17-18,22-24,26-27,31,33H,1,6-7,10-11,15-16,19-21H2,2-4H3,(H,43,50)(H,44,47)(H,45,49)/t23-,26-,31+,33+,41-/m1/s1. The number of fused-ring (bicyclic) bond motifs is 4. The van der Waals surface area contributed by atoms with Gasteiger partial charge in [-0.15, -0.1) is 6.58 Å². The Kier molecular flexibility index (Phi) is 10.0. The zero-order valence-corrected chi connectivity index (χ0v) is 32.9. The summed E-state index contributed by atoms with van der Waals surface area (Å²) < 4.78 is 52.0. The summed E-state index contributed by atoms with van der Waals surface area (Å²) in [7, 11) is -2.36. The Morgan fingerprint density at radius 1 is 1.04 bits per heavy atom. The number of alkyl carbamates (subject to hydrolysis) is 1. The summed E-state index contributed by atoms with van der Waals surface area (Å²) in [4.78, 5) is 62.0.